The lowest BCUT2D eigenvalue weighted by Gasteiger charge is -2.09. The summed E-state index contributed by atoms with van der Waals surface area (Å²) < 4.78 is 28.3. The van der Waals surface area contributed by atoms with Crippen molar-refractivity contribution < 1.29 is 17.9 Å². The molecule has 0 radical (unpaired) electrons. The Morgan fingerprint density at radius 2 is 2.38 bits per heavy atom. The molecule has 1 unspecified atom stereocenters. The molecule has 21 heavy (non-hydrogen) atoms. The molecule has 1 aliphatic heterocycles. The van der Waals surface area contributed by atoms with E-state index in [4.69, 9.17) is 4.74 Å². The fourth-order valence-corrected chi connectivity index (χ4v) is 4.78. The third-order valence-electron chi connectivity index (χ3n) is 3.39. The molecular formula is C13H20N2O4S2. The Kier molecular flexibility index (Phi) is 5.58. The zero-order chi connectivity index (χ0) is 15.3. The number of anilines is 1. The van der Waals surface area contributed by atoms with Crippen LogP contribution < -0.4 is 5.32 Å². The minimum Gasteiger partial charge on any atom is -0.466 e. The second-order valence-electron chi connectivity index (χ2n) is 4.96. The average Bonchev–Trinajstić information content (AvgIpc) is 3.00. The van der Waals surface area contributed by atoms with Gasteiger partial charge in [0.25, 0.3) is 0 Å². The minimum atomic E-state index is -2.93. The third-order valence-corrected chi connectivity index (χ3v) is 6.51. The van der Waals surface area contributed by atoms with Gasteiger partial charge in [0.1, 0.15) is 0 Å². The fraction of sp³-hybridized carbons (Fsp3) is 0.692. The molecule has 0 spiro atoms. The summed E-state index contributed by atoms with van der Waals surface area (Å²) in [6, 6.07) is 0. The number of aromatic nitrogens is 1. The molecule has 0 aromatic carbocycles. The Hall–Kier alpha value is -1.15. The van der Waals surface area contributed by atoms with E-state index in [1.807, 2.05) is 5.38 Å². The molecule has 0 aliphatic carbocycles. The van der Waals surface area contributed by atoms with E-state index in [-0.39, 0.29) is 11.2 Å². The second kappa shape index (κ2) is 7.22. The van der Waals surface area contributed by atoms with Crippen molar-refractivity contribution in [2.45, 2.75) is 37.9 Å². The summed E-state index contributed by atoms with van der Waals surface area (Å²) in [7, 11) is -2.93. The number of ether oxygens (including phenoxy) is 1. The monoisotopic (exact) mass is 332 g/mol. The van der Waals surface area contributed by atoms with E-state index in [0.29, 0.717) is 36.9 Å². The standard InChI is InChI=1S/C13H20N2O4S2/c1-2-19-12(16)6-5-10-9-20-13(15-10)14-8-11-4-3-7-21(11,17)18/h9,11H,2-8H2,1H3,(H,14,15). The Morgan fingerprint density at radius 3 is 3.05 bits per heavy atom. The Balaban J connectivity index is 1.79. The summed E-state index contributed by atoms with van der Waals surface area (Å²) in [6.45, 7) is 2.57. The van der Waals surface area contributed by atoms with Gasteiger partial charge in [-0.15, -0.1) is 11.3 Å². The number of carbonyl (C=O) groups excluding carboxylic acids is 1. The highest BCUT2D eigenvalue weighted by Crippen LogP contribution is 2.22. The van der Waals surface area contributed by atoms with Crippen molar-refractivity contribution in [3.8, 4) is 0 Å². The first-order chi connectivity index (χ1) is 10.0. The first kappa shape index (κ1) is 16.2. The van der Waals surface area contributed by atoms with Crippen LogP contribution >= 0.6 is 11.3 Å². The molecule has 1 atom stereocenters. The maximum atomic E-state index is 11.7. The van der Waals surface area contributed by atoms with Crippen LogP contribution in [0.15, 0.2) is 5.38 Å². The predicted molar refractivity (Wildman–Crippen MR) is 82.4 cm³/mol. The number of nitrogens with zero attached hydrogens (tertiary/aromatic N) is 1. The van der Waals surface area contributed by atoms with Gasteiger partial charge in [-0.3, -0.25) is 4.79 Å². The lowest BCUT2D eigenvalue weighted by atomic mass is 10.2. The average molecular weight is 332 g/mol. The van der Waals surface area contributed by atoms with Crippen LogP contribution in [0.5, 0.6) is 0 Å². The van der Waals surface area contributed by atoms with E-state index in [1.54, 1.807) is 6.92 Å². The Morgan fingerprint density at radius 1 is 1.57 bits per heavy atom. The van der Waals surface area contributed by atoms with Crippen molar-refractivity contribution in [2.75, 3.05) is 24.2 Å². The van der Waals surface area contributed by atoms with Gasteiger partial charge in [0.2, 0.25) is 0 Å². The van der Waals surface area contributed by atoms with Crippen LogP contribution in [0.4, 0.5) is 5.13 Å². The molecule has 2 heterocycles. The van der Waals surface area contributed by atoms with Crippen LogP contribution in [0, 0.1) is 0 Å². The van der Waals surface area contributed by atoms with Crippen LogP contribution in [0.2, 0.25) is 0 Å². The number of sulfone groups is 1. The lowest BCUT2D eigenvalue weighted by Crippen LogP contribution is -2.24. The highest BCUT2D eigenvalue weighted by Gasteiger charge is 2.30. The minimum absolute atomic E-state index is 0.225. The molecule has 1 aromatic rings. The van der Waals surface area contributed by atoms with Crippen LogP contribution in [0.1, 0.15) is 31.9 Å². The number of esters is 1. The summed E-state index contributed by atoms with van der Waals surface area (Å²) >= 11 is 1.43. The molecule has 0 amide bonds. The molecule has 1 fully saturated rings. The van der Waals surface area contributed by atoms with Crippen molar-refractivity contribution in [3.05, 3.63) is 11.1 Å². The Labute approximate surface area is 128 Å². The molecule has 0 saturated carbocycles. The van der Waals surface area contributed by atoms with Crippen LogP contribution in [-0.2, 0) is 25.8 Å². The van der Waals surface area contributed by atoms with Crippen molar-refractivity contribution in [2.24, 2.45) is 0 Å². The van der Waals surface area contributed by atoms with E-state index in [1.165, 1.54) is 11.3 Å². The molecule has 1 aliphatic rings. The highest BCUT2D eigenvalue weighted by atomic mass is 32.2. The zero-order valence-corrected chi connectivity index (χ0v) is 13.6. The molecule has 6 nitrogen and oxygen atoms in total. The summed E-state index contributed by atoms with van der Waals surface area (Å²) in [5.41, 5.74) is 0.824. The van der Waals surface area contributed by atoms with Gasteiger partial charge in [-0.05, 0) is 19.8 Å². The molecule has 8 heteroatoms. The van der Waals surface area contributed by atoms with Crippen LogP contribution in [-0.4, -0.2) is 43.5 Å². The van der Waals surface area contributed by atoms with Gasteiger partial charge in [0, 0.05) is 18.3 Å². The highest BCUT2D eigenvalue weighted by molar-refractivity contribution is 7.92. The quantitative estimate of drug-likeness (QED) is 0.764. The number of carbonyl (C=O) groups is 1. The third kappa shape index (κ3) is 4.67. The van der Waals surface area contributed by atoms with Gasteiger partial charge in [-0.1, -0.05) is 0 Å². The van der Waals surface area contributed by atoms with Crippen molar-refractivity contribution in [1.29, 1.82) is 0 Å². The number of aryl methyl sites for hydroxylation is 1. The fourth-order valence-electron chi connectivity index (χ4n) is 2.25. The maximum absolute atomic E-state index is 11.7. The van der Waals surface area contributed by atoms with Crippen molar-refractivity contribution >= 4 is 32.3 Å². The normalized spacial score (nSPS) is 20.3. The van der Waals surface area contributed by atoms with Gasteiger partial charge < -0.3 is 10.1 Å². The van der Waals surface area contributed by atoms with E-state index in [9.17, 15) is 13.2 Å². The van der Waals surface area contributed by atoms with Crippen molar-refractivity contribution in [3.63, 3.8) is 0 Å². The topological polar surface area (TPSA) is 85.4 Å². The first-order valence-electron chi connectivity index (χ1n) is 7.06. The molecule has 1 saturated heterocycles. The smallest absolute Gasteiger partial charge is 0.306 e. The molecule has 0 bridgehead atoms. The van der Waals surface area contributed by atoms with Gasteiger partial charge in [0.05, 0.1) is 29.7 Å². The van der Waals surface area contributed by atoms with Crippen LogP contribution in [0.3, 0.4) is 0 Å². The number of hydrogen-bond donors (Lipinski definition) is 1. The van der Waals surface area contributed by atoms with E-state index < -0.39 is 9.84 Å². The van der Waals surface area contributed by atoms with Gasteiger partial charge in [-0.25, -0.2) is 13.4 Å². The number of hydrogen-bond acceptors (Lipinski definition) is 7. The molecule has 118 valence electrons. The second-order valence-corrected chi connectivity index (χ2v) is 8.22. The summed E-state index contributed by atoms with van der Waals surface area (Å²) in [6.07, 6.45) is 2.32. The van der Waals surface area contributed by atoms with E-state index in [0.717, 1.165) is 18.5 Å². The summed E-state index contributed by atoms with van der Waals surface area (Å²) in [5, 5.41) is 5.37. The SMILES string of the molecule is CCOC(=O)CCc1csc(NCC2CCCS2(=O)=O)n1. The van der Waals surface area contributed by atoms with Gasteiger partial charge in [-0.2, -0.15) is 0 Å². The zero-order valence-electron chi connectivity index (χ0n) is 12.0. The summed E-state index contributed by atoms with van der Waals surface area (Å²) in [4.78, 5) is 15.6. The van der Waals surface area contributed by atoms with E-state index >= 15 is 0 Å². The summed E-state index contributed by atoms with van der Waals surface area (Å²) in [5.74, 6) is 0.0687. The molecular weight excluding hydrogens is 312 g/mol. The lowest BCUT2D eigenvalue weighted by molar-refractivity contribution is -0.143. The Bertz CT molecular complexity index is 583. The van der Waals surface area contributed by atoms with Gasteiger partial charge >= 0.3 is 5.97 Å². The number of thiazole rings is 1. The largest absolute Gasteiger partial charge is 0.466 e. The number of rotatable bonds is 7. The maximum Gasteiger partial charge on any atom is 0.306 e. The van der Waals surface area contributed by atoms with Gasteiger partial charge in [0.15, 0.2) is 15.0 Å². The predicted octanol–water partition coefficient (Wildman–Crippen LogP) is 1.63. The molecule has 1 N–H and O–H groups in total. The molecule has 1 aromatic heterocycles. The van der Waals surface area contributed by atoms with E-state index in [2.05, 4.69) is 10.3 Å². The first-order valence-corrected chi connectivity index (χ1v) is 9.66. The number of nitrogens with one attached hydrogen (secondary N) is 1. The van der Waals surface area contributed by atoms with Crippen molar-refractivity contribution in [1.82, 2.24) is 4.98 Å². The van der Waals surface area contributed by atoms with Crippen LogP contribution in [0.25, 0.3) is 0 Å². The molecule has 2 rings (SSSR count).